The maximum absolute atomic E-state index is 11.8. The molecule has 0 radical (unpaired) electrons. The Labute approximate surface area is 296 Å². The molecule has 0 spiro atoms. The van der Waals surface area contributed by atoms with Crippen molar-refractivity contribution in [3.63, 3.8) is 0 Å². The third-order valence-corrected chi connectivity index (χ3v) is 6.37. The number of hydrogen-bond donors (Lipinski definition) is 4. The molecular weight excluding hydrogens is 620 g/mol. The maximum atomic E-state index is 11.8. The van der Waals surface area contributed by atoms with Crippen LogP contribution in [-0.2, 0) is 38.2 Å². The Morgan fingerprint density at radius 1 is 0.622 bits per heavy atom. The zero-order chi connectivity index (χ0) is 34.3. The van der Waals surface area contributed by atoms with Gasteiger partial charge in [0.1, 0.15) is 12.2 Å². The summed E-state index contributed by atoms with van der Waals surface area (Å²) in [6.45, 7) is 10.5. The van der Waals surface area contributed by atoms with Crippen molar-refractivity contribution >= 4 is 73.4 Å². The fraction of sp³-hybridized carbons (Fsp3) is 0.800. The Balaban J connectivity index is -0.000000767. The zero-order valence-corrected chi connectivity index (χ0v) is 29.9. The SMILES string of the molecule is CCCCC(=O)OCC(C)(C)C(O)C(=O)NCCCC(=O)[O-].CCCCC(=O)OCC(C)(C)C(O)C(=O)NCCCC(=O)[O-].[Ca+2]. The van der Waals surface area contributed by atoms with Crippen molar-refractivity contribution in [3.05, 3.63) is 0 Å². The molecule has 0 aromatic carbocycles. The molecule has 0 aromatic rings. The number of unbranched alkanes of at least 4 members (excludes halogenated alkanes) is 2. The number of carboxylic acid groups (broad SMARTS) is 2. The van der Waals surface area contributed by atoms with Crippen molar-refractivity contribution in [2.45, 2.75) is 118 Å². The third kappa shape index (κ3) is 24.9. The number of esters is 2. The third-order valence-electron chi connectivity index (χ3n) is 6.37. The molecule has 2 atom stereocenters. The van der Waals surface area contributed by atoms with Crippen molar-refractivity contribution in [2.24, 2.45) is 10.8 Å². The maximum Gasteiger partial charge on any atom is 2.00 e. The van der Waals surface area contributed by atoms with Gasteiger partial charge in [-0.2, -0.15) is 0 Å². The van der Waals surface area contributed by atoms with Crippen LogP contribution in [0.2, 0.25) is 0 Å². The Hall–Kier alpha value is -2.00. The number of aliphatic hydroxyl groups is 2. The van der Waals surface area contributed by atoms with Gasteiger partial charge in [0.2, 0.25) is 11.8 Å². The molecule has 0 heterocycles. The van der Waals surface area contributed by atoms with E-state index in [0.29, 0.717) is 12.8 Å². The molecule has 2 unspecified atom stereocenters. The predicted molar refractivity (Wildman–Crippen MR) is 161 cm³/mol. The van der Waals surface area contributed by atoms with Gasteiger partial charge in [0.25, 0.3) is 0 Å². The van der Waals surface area contributed by atoms with Crippen molar-refractivity contribution < 1.29 is 58.7 Å². The number of rotatable bonds is 22. The van der Waals surface area contributed by atoms with Crippen LogP contribution in [0.3, 0.4) is 0 Å². The summed E-state index contributed by atoms with van der Waals surface area (Å²) >= 11 is 0. The minimum atomic E-state index is -1.35. The Morgan fingerprint density at radius 3 is 1.20 bits per heavy atom. The Morgan fingerprint density at radius 2 is 0.933 bits per heavy atom. The first kappa shape index (κ1) is 47.4. The van der Waals surface area contributed by atoms with Gasteiger partial charge in [-0.3, -0.25) is 19.2 Å². The van der Waals surface area contributed by atoms with Crippen LogP contribution < -0.4 is 20.8 Å². The second-order valence-corrected chi connectivity index (χ2v) is 11.8. The van der Waals surface area contributed by atoms with E-state index in [0.717, 1.165) is 25.7 Å². The summed E-state index contributed by atoms with van der Waals surface area (Å²) < 4.78 is 10.1. The van der Waals surface area contributed by atoms with E-state index >= 15 is 0 Å². The van der Waals surface area contributed by atoms with E-state index in [1.165, 1.54) is 0 Å². The Bertz CT molecular complexity index is 839. The van der Waals surface area contributed by atoms with Gasteiger partial charge in [-0.25, -0.2) is 0 Å². The quantitative estimate of drug-likeness (QED) is 0.0624. The first-order valence-electron chi connectivity index (χ1n) is 15.0. The van der Waals surface area contributed by atoms with Crippen LogP contribution in [-0.4, -0.2) is 122 Å². The summed E-state index contributed by atoms with van der Waals surface area (Å²) in [5.41, 5.74) is -1.86. The first-order chi connectivity index (χ1) is 20.4. The van der Waals surface area contributed by atoms with Gasteiger partial charge in [0, 0.05) is 48.7 Å². The van der Waals surface area contributed by atoms with Crippen molar-refractivity contribution in [1.82, 2.24) is 10.6 Å². The minimum Gasteiger partial charge on any atom is -0.550 e. The number of amides is 2. The van der Waals surface area contributed by atoms with Crippen LogP contribution in [0, 0.1) is 10.8 Å². The number of aliphatic carboxylic acids is 2. The number of aliphatic hydroxyl groups excluding tert-OH is 2. The van der Waals surface area contributed by atoms with E-state index in [1.54, 1.807) is 27.7 Å². The van der Waals surface area contributed by atoms with Gasteiger partial charge < -0.3 is 50.1 Å². The van der Waals surface area contributed by atoms with E-state index in [2.05, 4.69) is 10.6 Å². The van der Waals surface area contributed by atoms with Crippen LogP contribution >= 0.6 is 0 Å². The first-order valence-corrected chi connectivity index (χ1v) is 15.0. The normalized spacial score (nSPS) is 12.3. The second kappa shape index (κ2) is 26.1. The van der Waals surface area contributed by atoms with Crippen molar-refractivity contribution in [2.75, 3.05) is 26.3 Å². The van der Waals surface area contributed by atoms with Crippen LogP contribution in [0.1, 0.15) is 106 Å². The smallest absolute Gasteiger partial charge is 0.550 e. The summed E-state index contributed by atoms with van der Waals surface area (Å²) in [6.07, 6.45) is 1.32. The number of carbonyl (C=O) groups excluding carboxylic acids is 6. The molecule has 0 aliphatic rings. The van der Waals surface area contributed by atoms with Crippen LogP contribution in [0.5, 0.6) is 0 Å². The van der Waals surface area contributed by atoms with Gasteiger partial charge in [0.15, 0.2) is 0 Å². The van der Waals surface area contributed by atoms with Crippen LogP contribution in [0.15, 0.2) is 0 Å². The molecule has 14 nitrogen and oxygen atoms in total. The molecule has 4 N–H and O–H groups in total. The average molecular weight is 673 g/mol. The van der Waals surface area contributed by atoms with Gasteiger partial charge in [-0.15, -0.1) is 0 Å². The van der Waals surface area contributed by atoms with Gasteiger partial charge in [-0.1, -0.05) is 54.4 Å². The standard InChI is InChI=1S/2C15H27NO6.Ca/c2*1-4-5-8-12(19)22-10-15(2,3)13(20)14(21)16-9-6-7-11(17)18;/h2*13,20H,4-10H2,1-3H3,(H,16,21)(H,17,18);/q;;+2/p-2. The van der Waals surface area contributed by atoms with E-state index in [-0.39, 0.29) is 102 Å². The largest absolute Gasteiger partial charge is 2.00 e. The topological polar surface area (TPSA) is 232 Å². The molecule has 0 saturated heterocycles. The van der Waals surface area contributed by atoms with Gasteiger partial charge >= 0.3 is 49.7 Å². The van der Waals surface area contributed by atoms with Crippen LogP contribution in [0.25, 0.3) is 0 Å². The molecule has 0 saturated carbocycles. The number of nitrogens with one attached hydrogen (secondary N) is 2. The molecule has 256 valence electrons. The minimum absolute atomic E-state index is 0. The number of ether oxygens (including phenoxy) is 2. The molecule has 0 aliphatic heterocycles. The molecule has 0 rings (SSSR count). The van der Waals surface area contributed by atoms with Gasteiger partial charge in [0.05, 0.1) is 13.2 Å². The summed E-state index contributed by atoms with van der Waals surface area (Å²) in [5, 5.41) is 45.4. The molecule has 0 bridgehead atoms. The van der Waals surface area contributed by atoms with E-state index in [9.17, 15) is 49.2 Å². The van der Waals surface area contributed by atoms with Crippen molar-refractivity contribution in [1.29, 1.82) is 0 Å². The average Bonchev–Trinajstić information content (AvgIpc) is 2.96. The fourth-order valence-electron chi connectivity index (χ4n) is 3.27. The Kier molecular flexibility index (Phi) is 27.5. The second-order valence-electron chi connectivity index (χ2n) is 11.8. The number of carbonyl (C=O) groups is 6. The summed E-state index contributed by atoms with van der Waals surface area (Å²) in [7, 11) is 0. The molecule has 0 aromatic heterocycles. The monoisotopic (exact) mass is 672 g/mol. The zero-order valence-electron chi connectivity index (χ0n) is 27.7. The molecule has 0 fully saturated rings. The number of hydrogen-bond acceptors (Lipinski definition) is 12. The summed E-state index contributed by atoms with van der Waals surface area (Å²) in [4.78, 5) is 67.0. The van der Waals surface area contributed by atoms with Crippen LogP contribution in [0.4, 0.5) is 0 Å². The summed E-state index contributed by atoms with van der Waals surface area (Å²) in [5.74, 6) is -4.31. The predicted octanol–water partition coefficient (Wildman–Crippen LogP) is -0.874. The van der Waals surface area contributed by atoms with E-state index in [1.807, 2.05) is 13.8 Å². The molecule has 0 aliphatic carbocycles. The molecule has 45 heavy (non-hydrogen) atoms. The van der Waals surface area contributed by atoms with E-state index in [4.69, 9.17) is 9.47 Å². The molecular formula is C30H52CaN2O12. The van der Waals surface area contributed by atoms with Gasteiger partial charge in [-0.05, 0) is 38.5 Å². The van der Waals surface area contributed by atoms with E-state index < -0.39 is 46.8 Å². The number of carboxylic acids is 2. The van der Waals surface area contributed by atoms with Crippen molar-refractivity contribution in [3.8, 4) is 0 Å². The molecule has 15 heteroatoms. The summed E-state index contributed by atoms with van der Waals surface area (Å²) in [6, 6.07) is 0. The molecule has 2 amide bonds. The fourth-order valence-corrected chi connectivity index (χ4v) is 3.27.